The lowest BCUT2D eigenvalue weighted by atomic mass is 9.87. The molecule has 0 aliphatic carbocycles. The van der Waals surface area contributed by atoms with Crippen LogP contribution in [0.2, 0.25) is 0 Å². The summed E-state index contributed by atoms with van der Waals surface area (Å²) in [6.45, 7) is 15.8. The SMILES string of the molecule is CC[C@@H]([C@H](C)OCc1ccccc1)n1ncn(-c2ccc(N3CCN(c4ccc(Oc5cc(N6CCN(c7ccc(-n8cnn([C@@H](CC)[C@H](C)OCc9ccccc9)c8=O)cc7)CC6)ccc5OC[C@@H]5CO[C@@](Cn6cncn6)(c6ccc(F)cc6F)C5)cc4)CC3)cc2)c1=O. The van der Waals surface area contributed by atoms with Crippen LogP contribution in [0.15, 0.2) is 205 Å². The molecule has 0 spiro atoms. The van der Waals surface area contributed by atoms with E-state index in [1.165, 1.54) is 23.1 Å². The maximum atomic E-state index is 15.6. The average molecular weight is 1300 g/mol. The van der Waals surface area contributed by atoms with Gasteiger partial charge in [0.2, 0.25) is 0 Å². The molecular weight excluding hydrogens is 1220 g/mol. The van der Waals surface area contributed by atoms with Crippen LogP contribution in [0.25, 0.3) is 11.4 Å². The number of benzene rings is 7. The number of aromatic nitrogens is 9. The fraction of sp³-hybridized carbons (Fsp3) is 0.351. The molecule has 0 amide bonds. The van der Waals surface area contributed by atoms with E-state index in [9.17, 15) is 14.0 Å². The first-order chi connectivity index (χ1) is 46.9. The van der Waals surface area contributed by atoms with Gasteiger partial charge in [0.15, 0.2) is 11.5 Å². The third-order valence-electron chi connectivity index (χ3n) is 18.9. The number of piperazine rings is 2. The van der Waals surface area contributed by atoms with Gasteiger partial charge in [-0.2, -0.15) is 15.3 Å². The molecule has 0 unspecified atom stereocenters. The third-order valence-corrected chi connectivity index (χ3v) is 18.9. The van der Waals surface area contributed by atoms with Crippen LogP contribution < -0.4 is 40.5 Å². The molecule has 0 bridgehead atoms. The lowest BCUT2D eigenvalue weighted by Crippen LogP contribution is -2.46. The van der Waals surface area contributed by atoms with Crippen molar-refractivity contribution in [3.8, 4) is 28.6 Å². The first-order valence-corrected chi connectivity index (χ1v) is 33.2. The number of hydrogen-bond donors (Lipinski definition) is 0. The molecule has 3 aliphatic rings. The highest BCUT2D eigenvalue weighted by atomic mass is 19.1. The van der Waals surface area contributed by atoms with Gasteiger partial charge in [0, 0.05) is 98.7 Å². The number of hydrogen-bond acceptors (Lipinski definition) is 15. The van der Waals surface area contributed by atoms with Gasteiger partial charge < -0.3 is 43.3 Å². The Balaban J connectivity index is 0.660. The third kappa shape index (κ3) is 14.5. The molecule has 0 N–H and O–H groups in total. The summed E-state index contributed by atoms with van der Waals surface area (Å²) in [6, 6.07) is 53.5. The summed E-state index contributed by atoms with van der Waals surface area (Å²) in [7, 11) is 0. The van der Waals surface area contributed by atoms with Crippen LogP contribution in [-0.4, -0.2) is 121 Å². The summed E-state index contributed by atoms with van der Waals surface area (Å²) in [4.78, 5) is 41.1. The maximum Gasteiger partial charge on any atom is 0.350 e. The Hall–Kier alpha value is -9.90. The topological polar surface area (TPSA) is 169 Å². The second-order valence-electron chi connectivity index (χ2n) is 25.0. The van der Waals surface area contributed by atoms with Crippen LogP contribution in [-0.2, 0) is 39.6 Å². The molecule has 6 heterocycles. The van der Waals surface area contributed by atoms with E-state index in [1.54, 1.807) is 37.5 Å². The Morgan fingerprint density at radius 3 is 1.50 bits per heavy atom. The van der Waals surface area contributed by atoms with E-state index in [-0.39, 0.29) is 66.9 Å². The predicted octanol–water partition coefficient (Wildman–Crippen LogP) is 11.8. The molecule has 7 aromatic carbocycles. The van der Waals surface area contributed by atoms with Crippen LogP contribution in [0.3, 0.4) is 0 Å². The van der Waals surface area contributed by atoms with Crippen molar-refractivity contribution in [3.05, 3.63) is 244 Å². The molecule has 3 saturated heterocycles. The van der Waals surface area contributed by atoms with Gasteiger partial charge in [-0.3, -0.25) is 0 Å². The van der Waals surface area contributed by atoms with Crippen LogP contribution in [0.1, 0.15) is 75.7 Å². The Morgan fingerprint density at radius 1 is 0.542 bits per heavy atom. The summed E-state index contributed by atoms with van der Waals surface area (Å²) in [5.41, 5.74) is 6.51. The molecule has 3 aromatic heterocycles. The zero-order valence-electron chi connectivity index (χ0n) is 54.6. The van der Waals surface area contributed by atoms with E-state index in [1.807, 2.05) is 137 Å². The number of halogens is 2. The zero-order chi connectivity index (χ0) is 66.1. The lowest BCUT2D eigenvalue weighted by molar-refractivity contribution is -0.0206. The van der Waals surface area contributed by atoms with Crippen molar-refractivity contribution < 1.29 is 32.5 Å². The van der Waals surface area contributed by atoms with Crippen molar-refractivity contribution in [3.63, 3.8) is 0 Å². The normalized spacial score (nSPS) is 18.0. The van der Waals surface area contributed by atoms with Crippen molar-refractivity contribution >= 4 is 22.7 Å². The fourth-order valence-electron chi connectivity index (χ4n) is 13.5. The summed E-state index contributed by atoms with van der Waals surface area (Å²) < 4.78 is 70.1. The molecule has 20 nitrogen and oxygen atoms in total. The zero-order valence-corrected chi connectivity index (χ0v) is 54.6. The predicted molar refractivity (Wildman–Crippen MR) is 365 cm³/mol. The van der Waals surface area contributed by atoms with E-state index in [0.29, 0.717) is 49.7 Å². The van der Waals surface area contributed by atoms with E-state index < -0.39 is 17.2 Å². The molecule has 96 heavy (non-hydrogen) atoms. The van der Waals surface area contributed by atoms with Gasteiger partial charge >= 0.3 is 11.4 Å². The minimum atomic E-state index is -1.14. The smallest absolute Gasteiger partial charge is 0.350 e. The Labute approximate surface area is 557 Å². The number of nitrogens with zero attached hydrogens (tertiary/aromatic N) is 13. The van der Waals surface area contributed by atoms with Crippen molar-refractivity contribution in [2.75, 3.05) is 85.2 Å². The van der Waals surface area contributed by atoms with Gasteiger partial charge in [-0.1, -0.05) is 80.6 Å². The van der Waals surface area contributed by atoms with Gasteiger partial charge in [0.05, 0.1) is 68.6 Å². The minimum Gasteiger partial charge on any atom is -0.489 e. The molecular formula is C74H81F2N13O7. The quantitative estimate of drug-likeness (QED) is 0.0501. The van der Waals surface area contributed by atoms with Crippen LogP contribution in [0.5, 0.6) is 17.2 Å². The largest absolute Gasteiger partial charge is 0.489 e. The van der Waals surface area contributed by atoms with Gasteiger partial charge in [0.1, 0.15) is 48.3 Å². The van der Waals surface area contributed by atoms with Gasteiger partial charge in [-0.25, -0.2) is 46.5 Å². The summed E-state index contributed by atoms with van der Waals surface area (Å²) in [5, 5.41) is 13.4. The van der Waals surface area contributed by atoms with Gasteiger partial charge in [-0.05, 0) is 135 Å². The number of anilines is 4. The van der Waals surface area contributed by atoms with Crippen LogP contribution in [0.4, 0.5) is 31.5 Å². The monoisotopic (exact) mass is 1300 g/mol. The van der Waals surface area contributed by atoms with Crippen molar-refractivity contribution in [2.24, 2.45) is 5.92 Å². The Kier molecular flexibility index (Phi) is 19.8. The molecule has 0 saturated carbocycles. The lowest BCUT2D eigenvalue weighted by Gasteiger charge is -2.37. The molecule has 3 aliphatic heterocycles. The van der Waals surface area contributed by atoms with Crippen LogP contribution in [0, 0.1) is 17.6 Å². The average Bonchev–Trinajstić information content (AvgIpc) is 1.84. The number of rotatable bonds is 26. The van der Waals surface area contributed by atoms with Crippen molar-refractivity contribution in [2.45, 2.75) is 96.6 Å². The van der Waals surface area contributed by atoms with Gasteiger partial charge in [0.25, 0.3) is 0 Å². The van der Waals surface area contributed by atoms with Crippen molar-refractivity contribution in [1.29, 1.82) is 0 Å². The number of ether oxygens (including phenoxy) is 5. The van der Waals surface area contributed by atoms with Crippen LogP contribution >= 0.6 is 0 Å². The standard InChI is InChI=1S/C74H81F2N13O7/c1-5-68(53(3)92-44-55-13-9-7-10-14-55)88-72(90)86(51-79-88)62-22-18-59(19-23-62)81-33-35-83(36-34-81)61-26-29-65(30-27-61)96-71-42-64(28-32-70(71)94-46-57-43-74(95-47-57,48-85-50-77-49-78-85)66-31-17-58(75)41-67(66)76)84-39-37-82(38-40-84)60-20-24-63(25-21-60)87-52-80-89(73(87)91)69(6-2)54(4)93-45-56-15-11-8-12-16-56/h7-32,41-42,49-54,57,68-69H,5-6,33-40,43-48H2,1-4H3/t53-,54-,57+,68-,69-,74-/m0/s1. The Bertz CT molecular complexity index is 4270. The summed E-state index contributed by atoms with van der Waals surface area (Å²) in [5.74, 6) is 0.189. The minimum absolute atomic E-state index is 0.167. The molecule has 13 rings (SSSR count). The molecule has 10 aromatic rings. The molecule has 6 atom stereocenters. The van der Waals surface area contributed by atoms with E-state index in [2.05, 4.69) is 82.3 Å². The molecule has 0 radical (unpaired) electrons. The maximum absolute atomic E-state index is 15.6. The first-order valence-electron chi connectivity index (χ1n) is 33.2. The highest BCUT2D eigenvalue weighted by molar-refractivity contribution is 5.61. The van der Waals surface area contributed by atoms with Gasteiger partial charge in [-0.15, -0.1) is 0 Å². The first kappa shape index (κ1) is 64.8. The molecule has 3 fully saturated rings. The highest BCUT2D eigenvalue weighted by Gasteiger charge is 2.45. The summed E-state index contributed by atoms with van der Waals surface area (Å²) in [6.07, 6.45) is 7.46. The van der Waals surface area contributed by atoms with E-state index in [4.69, 9.17) is 23.7 Å². The highest BCUT2D eigenvalue weighted by Crippen LogP contribution is 2.44. The second kappa shape index (κ2) is 29.4. The second-order valence-corrected chi connectivity index (χ2v) is 25.0. The fourth-order valence-corrected chi connectivity index (χ4v) is 13.5. The summed E-state index contributed by atoms with van der Waals surface area (Å²) >= 11 is 0. The molecule has 498 valence electrons. The van der Waals surface area contributed by atoms with E-state index in [0.717, 1.165) is 104 Å². The molecule has 22 heteroatoms. The Morgan fingerprint density at radius 2 is 1.02 bits per heavy atom. The van der Waals surface area contributed by atoms with E-state index >= 15 is 4.39 Å². The van der Waals surface area contributed by atoms with Crippen molar-refractivity contribution in [1.82, 2.24) is 43.5 Å².